The molecule has 0 saturated heterocycles. The summed E-state index contributed by atoms with van der Waals surface area (Å²) in [5.41, 5.74) is 5.54. The number of nitrogens with zero attached hydrogens (tertiary/aromatic N) is 1. The summed E-state index contributed by atoms with van der Waals surface area (Å²) in [5, 5.41) is 3.90. The molecule has 114 valence electrons. The largest absolute Gasteiger partial charge is 0.484 e. The fraction of sp³-hybridized carbons (Fsp3) is 0.176. The molecule has 2 aromatic rings. The molecule has 0 aromatic heterocycles. The molecule has 0 atom stereocenters. The van der Waals surface area contributed by atoms with E-state index in [-0.39, 0.29) is 12.5 Å². The van der Waals surface area contributed by atoms with Crippen LogP contribution in [-0.2, 0) is 4.79 Å². The van der Waals surface area contributed by atoms with E-state index in [0.29, 0.717) is 5.75 Å². The molecule has 0 radical (unpaired) electrons. The van der Waals surface area contributed by atoms with Crippen LogP contribution in [0.1, 0.15) is 16.7 Å². The number of benzene rings is 2. The summed E-state index contributed by atoms with van der Waals surface area (Å²) in [6, 6.07) is 13.4. The van der Waals surface area contributed by atoms with Crippen molar-refractivity contribution in [3.8, 4) is 5.75 Å². The zero-order valence-electron chi connectivity index (χ0n) is 12.5. The Hall–Kier alpha value is -2.14. The van der Waals surface area contributed by atoms with Gasteiger partial charge in [0, 0.05) is 4.47 Å². The van der Waals surface area contributed by atoms with Gasteiger partial charge in [0.1, 0.15) is 5.75 Å². The molecule has 0 saturated carbocycles. The lowest BCUT2D eigenvalue weighted by atomic mass is 10.1. The first-order valence-corrected chi connectivity index (χ1v) is 7.61. The third-order valence-electron chi connectivity index (χ3n) is 2.84. The fourth-order valence-corrected chi connectivity index (χ4v) is 2.19. The summed E-state index contributed by atoms with van der Waals surface area (Å²) in [4.78, 5) is 11.7. The smallest absolute Gasteiger partial charge is 0.277 e. The Morgan fingerprint density at radius 2 is 1.82 bits per heavy atom. The van der Waals surface area contributed by atoms with Gasteiger partial charge in [0.25, 0.3) is 5.91 Å². The highest BCUT2D eigenvalue weighted by Crippen LogP contribution is 2.15. The van der Waals surface area contributed by atoms with Gasteiger partial charge >= 0.3 is 0 Å². The van der Waals surface area contributed by atoms with Crippen molar-refractivity contribution < 1.29 is 9.53 Å². The maximum atomic E-state index is 11.7. The van der Waals surface area contributed by atoms with Crippen LogP contribution in [0.25, 0.3) is 0 Å². The first-order chi connectivity index (χ1) is 10.5. The summed E-state index contributed by atoms with van der Waals surface area (Å²) in [6.07, 6.45) is 1.58. The zero-order chi connectivity index (χ0) is 15.9. The number of halogens is 1. The maximum Gasteiger partial charge on any atom is 0.277 e. The normalized spacial score (nSPS) is 10.7. The van der Waals surface area contributed by atoms with Crippen LogP contribution in [0.5, 0.6) is 5.75 Å². The highest BCUT2D eigenvalue weighted by atomic mass is 79.9. The fourth-order valence-electron chi connectivity index (χ4n) is 1.93. The van der Waals surface area contributed by atoms with E-state index in [0.717, 1.165) is 21.2 Å². The average molecular weight is 361 g/mol. The van der Waals surface area contributed by atoms with Crippen LogP contribution in [0, 0.1) is 13.8 Å². The maximum absolute atomic E-state index is 11.7. The van der Waals surface area contributed by atoms with Gasteiger partial charge < -0.3 is 4.74 Å². The van der Waals surface area contributed by atoms with Gasteiger partial charge in [0.2, 0.25) is 0 Å². The number of hydrazone groups is 1. The molecular formula is C17H17BrN2O2. The van der Waals surface area contributed by atoms with Crippen LogP contribution in [0.3, 0.4) is 0 Å². The number of hydrogen-bond donors (Lipinski definition) is 1. The van der Waals surface area contributed by atoms with Crippen molar-refractivity contribution in [3.63, 3.8) is 0 Å². The van der Waals surface area contributed by atoms with Crippen molar-refractivity contribution in [1.29, 1.82) is 0 Å². The first-order valence-electron chi connectivity index (χ1n) is 6.81. The van der Waals surface area contributed by atoms with Crippen molar-refractivity contribution in [3.05, 3.63) is 63.6 Å². The molecular weight excluding hydrogens is 344 g/mol. The number of amides is 1. The zero-order valence-corrected chi connectivity index (χ0v) is 14.1. The van der Waals surface area contributed by atoms with Gasteiger partial charge in [0.05, 0.1) is 6.21 Å². The van der Waals surface area contributed by atoms with E-state index in [4.69, 9.17) is 4.74 Å². The van der Waals surface area contributed by atoms with Crippen LogP contribution < -0.4 is 10.2 Å². The van der Waals surface area contributed by atoms with Crippen molar-refractivity contribution in [2.75, 3.05) is 6.61 Å². The van der Waals surface area contributed by atoms with Gasteiger partial charge in [-0.25, -0.2) is 5.43 Å². The Morgan fingerprint density at radius 3 is 2.45 bits per heavy atom. The van der Waals surface area contributed by atoms with Gasteiger partial charge in [-0.1, -0.05) is 34.1 Å². The highest BCUT2D eigenvalue weighted by Gasteiger charge is 2.02. The SMILES string of the molecule is Cc1cc(C)cc(OCC(=O)N/N=C/c2ccc(Br)cc2)c1. The Bertz CT molecular complexity index is 661. The molecule has 0 spiro atoms. The summed E-state index contributed by atoms with van der Waals surface area (Å²) >= 11 is 3.36. The Kier molecular flexibility index (Phi) is 5.72. The lowest BCUT2D eigenvalue weighted by Gasteiger charge is -2.07. The molecule has 0 fully saturated rings. The minimum atomic E-state index is -0.299. The van der Waals surface area contributed by atoms with Crippen molar-refractivity contribution in [2.45, 2.75) is 13.8 Å². The molecule has 0 aliphatic rings. The average Bonchev–Trinajstić information content (AvgIpc) is 2.46. The van der Waals surface area contributed by atoms with E-state index in [1.165, 1.54) is 0 Å². The summed E-state index contributed by atoms with van der Waals surface area (Å²) in [5.74, 6) is 0.386. The number of aryl methyl sites for hydroxylation is 2. The van der Waals surface area contributed by atoms with E-state index >= 15 is 0 Å². The molecule has 0 unspecified atom stereocenters. The van der Waals surface area contributed by atoms with E-state index < -0.39 is 0 Å². The van der Waals surface area contributed by atoms with Gasteiger partial charge in [-0.05, 0) is 54.8 Å². The second-order valence-corrected chi connectivity index (χ2v) is 5.87. The molecule has 2 rings (SSSR count). The Labute approximate surface area is 138 Å². The van der Waals surface area contributed by atoms with Crippen molar-refractivity contribution in [2.24, 2.45) is 5.10 Å². The minimum Gasteiger partial charge on any atom is -0.484 e. The van der Waals surface area contributed by atoms with Gasteiger partial charge in [-0.15, -0.1) is 0 Å². The van der Waals surface area contributed by atoms with Crippen LogP contribution in [0.2, 0.25) is 0 Å². The van der Waals surface area contributed by atoms with Gasteiger partial charge in [-0.2, -0.15) is 5.10 Å². The number of carbonyl (C=O) groups is 1. The van der Waals surface area contributed by atoms with E-state index in [1.54, 1.807) is 6.21 Å². The van der Waals surface area contributed by atoms with Crippen LogP contribution in [0.4, 0.5) is 0 Å². The summed E-state index contributed by atoms with van der Waals surface area (Å²) < 4.78 is 6.45. The number of rotatable bonds is 5. The third kappa shape index (κ3) is 5.33. The van der Waals surface area contributed by atoms with E-state index in [2.05, 4.69) is 32.5 Å². The molecule has 0 aliphatic carbocycles. The van der Waals surface area contributed by atoms with Crippen molar-refractivity contribution in [1.82, 2.24) is 5.43 Å². The monoisotopic (exact) mass is 360 g/mol. The molecule has 22 heavy (non-hydrogen) atoms. The summed E-state index contributed by atoms with van der Waals surface area (Å²) in [6.45, 7) is 3.91. The van der Waals surface area contributed by atoms with Crippen LogP contribution in [0.15, 0.2) is 52.0 Å². The van der Waals surface area contributed by atoms with Crippen molar-refractivity contribution >= 4 is 28.1 Å². The quantitative estimate of drug-likeness (QED) is 0.654. The standard InChI is InChI=1S/C17H17BrN2O2/c1-12-7-13(2)9-16(8-12)22-11-17(21)20-19-10-14-3-5-15(18)6-4-14/h3-10H,11H2,1-2H3,(H,20,21)/b19-10+. The third-order valence-corrected chi connectivity index (χ3v) is 3.37. The minimum absolute atomic E-state index is 0.0689. The molecule has 1 amide bonds. The van der Waals surface area contributed by atoms with Crippen LogP contribution >= 0.6 is 15.9 Å². The Morgan fingerprint density at radius 1 is 1.18 bits per heavy atom. The molecule has 2 aromatic carbocycles. The van der Waals surface area contributed by atoms with Gasteiger partial charge in [0.15, 0.2) is 6.61 Å². The number of ether oxygens (including phenoxy) is 1. The molecule has 0 aliphatic heterocycles. The molecule has 4 nitrogen and oxygen atoms in total. The highest BCUT2D eigenvalue weighted by molar-refractivity contribution is 9.10. The van der Waals surface area contributed by atoms with Crippen LogP contribution in [-0.4, -0.2) is 18.7 Å². The second-order valence-electron chi connectivity index (χ2n) is 4.96. The number of hydrogen-bond acceptors (Lipinski definition) is 3. The lowest BCUT2D eigenvalue weighted by molar-refractivity contribution is -0.123. The number of carbonyl (C=O) groups excluding carboxylic acids is 1. The predicted octanol–water partition coefficient (Wildman–Crippen LogP) is 3.60. The lowest BCUT2D eigenvalue weighted by Crippen LogP contribution is -2.24. The second kappa shape index (κ2) is 7.75. The molecule has 0 bridgehead atoms. The predicted molar refractivity (Wildman–Crippen MR) is 91.3 cm³/mol. The number of nitrogens with one attached hydrogen (secondary N) is 1. The summed E-state index contributed by atoms with van der Waals surface area (Å²) in [7, 11) is 0. The van der Waals surface area contributed by atoms with E-state index in [9.17, 15) is 4.79 Å². The van der Waals surface area contributed by atoms with Gasteiger partial charge in [-0.3, -0.25) is 4.79 Å². The molecule has 1 N–H and O–H groups in total. The Balaban J connectivity index is 1.81. The first kappa shape index (κ1) is 16.2. The molecule has 0 heterocycles. The van der Waals surface area contributed by atoms with E-state index in [1.807, 2.05) is 50.2 Å². The topological polar surface area (TPSA) is 50.7 Å². The molecule has 5 heteroatoms.